The van der Waals surface area contributed by atoms with E-state index in [4.69, 9.17) is 10.2 Å². The highest BCUT2D eigenvalue weighted by atomic mass is 16.3. The van der Waals surface area contributed by atoms with Crippen LogP contribution in [-0.2, 0) is 19.6 Å². The SMILES string of the molecule is Nc1ccc2oc(CN3Cc4ccccc4C3)nc2c1. The molecule has 0 atom stereocenters. The van der Waals surface area contributed by atoms with E-state index in [-0.39, 0.29) is 0 Å². The van der Waals surface area contributed by atoms with Crippen molar-refractivity contribution in [3.8, 4) is 0 Å². The van der Waals surface area contributed by atoms with Crippen LogP contribution < -0.4 is 5.73 Å². The summed E-state index contributed by atoms with van der Waals surface area (Å²) in [5.41, 5.74) is 10.9. The highest BCUT2D eigenvalue weighted by Gasteiger charge is 2.20. The highest BCUT2D eigenvalue weighted by Crippen LogP contribution is 2.25. The Morgan fingerprint density at radius 1 is 1.10 bits per heavy atom. The second kappa shape index (κ2) is 4.35. The zero-order valence-corrected chi connectivity index (χ0v) is 11.0. The molecule has 0 bridgehead atoms. The fraction of sp³-hybridized carbons (Fsp3) is 0.188. The zero-order chi connectivity index (χ0) is 13.5. The monoisotopic (exact) mass is 265 g/mol. The first-order valence-electron chi connectivity index (χ1n) is 6.72. The average molecular weight is 265 g/mol. The predicted molar refractivity (Wildman–Crippen MR) is 77.8 cm³/mol. The lowest BCUT2D eigenvalue weighted by atomic mass is 10.1. The Balaban J connectivity index is 1.57. The Hall–Kier alpha value is -2.33. The van der Waals surface area contributed by atoms with E-state index in [0.29, 0.717) is 5.69 Å². The number of rotatable bonds is 2. The molecule has 20 heavy (non-hydrogen) atoms. The van der Waals surface area contributed by atoms with Crippen molar-refractivity contribution in [1.29, 1.82) is 0 Å². The van der Waals surface area contributed by atoms with Gasteiger partial charge in [0.15, 0.2) is 5.58 Å². The van der Waals surface area contributed by atoms with Gasteiger partial charge in [0.2, 0.25) is 5.89 Å². The van der Waals surface area contributed by atoms with Gasteiger partial charge in [0.25, 0.3) is 0 Å². The molecule has 0 spiro atoms. The van der Waals surface area contributed by atoms with Gasteiger partial charge in [-0.25, -0.2) is 4.98 Å². The smallest absolute Gasteiger partial charge is 0.209 e. The van der Waals surface area contributed by atoms with E-state index in [0.717, 1.165) is 36.6 Å². The Kier molecular flexibility index (Phi) is 2.50. The third-order valence-corrected chi connectivity index (χ3v) is 3.72. The van der Waals surface area contributed by atoms with Gasteiger partial charge in [-0.3, -0.25) is 4.90 Å². The third kappa shape index (κ3) is 1.94. The summed E-state index contributed by atoms with van der Waals surface area (Å²) in [6.45, 7) is 2.64. The summed E-state index contributed by atoms with van der Waals surface area (Å²) in [4.78, 5) is 6.84. The molecule has 0 saturated carbocycles. The van der Waals surface area contributed by atoms with E-state index >= 15 is 0 Å². The second-order valence-corrected chi connectivity index (χ2v) is 5.25. The fourth-order valence-electron chi connectivity index (χ4n) is 2.77. The third-order valence-electron chi connectivity index (χ3n) is 3.72. The van der Waals surface area contributed by atoms with Crippen molar-refractivity contribution in [3.63, 3.8) is 0 Å². The summed E-state index contributed by atoms with van der Waals surface area (Å²) in [5, 5.41) is 0. The van der Waals surface area contributed by atoms with Crippen LogP contribution in [0, 0.1) is 0 Å². The Morgan fingerprint density at radius 3 is 2.60 bits per heavy atom. The van der Waals surface area contributed by atoms with E-state index in [9.17, 15) is 0 Å². The molecule has 1 aliphatic rings. The fourth-order valence-corrected chi connectivity index (χ4v) is 2.77. The van der Waals surface area contributed by atoms with E-state index < -0.39 is 0 Å². The predicted octanol–water partition coefficient (Wildman–Crippen LogP) is 2.93. The zero-order valence-electron chi connectivity index (χ0n) is 11.0. The van der Waals surface area contributed by atoms with Crippen LogP contribution in [0.5, 0.6) is 0 Å². The van der Waals surface area contributed by atoms with Gasteiger partial charge in [-0.1, -0.05) is 24.3 Å². The van der Waals surface area contributed by atoms with Crippen LogP contribution in [0.1, 0.15) is 17.0 Å². The van der Waals surface area contributed by atoms with Gasteiger partial charge in [-0.05, 0) is 29.3 Å². The summed E-state index contributed by atoms with van der Waals surface area (Å²) in [5.74, 6) is 0.749. The van der Waals surface area contributed by atoms with Crippen LogP contribution >= 0.6 is 0 Å². The minimum absolute atomic E-state index is 0.714. The van der Waals surface area contributed by atoms with Crippen molar-refractivity contribution >= 4 is 16.8 Å². The average Bonchev–Trinajstić information content (AvgIpc) is 3.00. The van der Waals surface area contributed by atoms with Crippen molar-refractivity contribution in [2.24, 2.45) is 0 Å². The normalized spacial score (nSPS) is 14.8. The van der Waals surface area contributed by atoms with Gasteiger partial charge < -0.3 is 10.2 Å². The maximum atomic E-state index is 5.78. The molecule has 2 N–H and O–H groups in total. The quantitative estimate of drug-likeness (QED) is 0.724. The number of nitrogen functional groups attached to an aromatic ring is 1. The molecule has 1 aromatic heterocycles. The minimum atomic E-state index is 0.714. The van der Waals surface area contributed by atoms with Crippen LogP contribution in [0.25, 0.3) is 11.1 Å². The first-order valence-corrected chi connectivity index (χ1v) is 6.72. The van der Waals surface area contributed by atoms with Gasteiger partial charge in [-0.15, -0.1) is 0 Å². The van der Waals surface area contributed by atoms with Gasteiger partial charge in [-0.2, -0.15) is 0 Å². The van der Waals surface area contributed by atoms with E-state index in [2.05, 4.69) is 34.1 Å². The number of fused-ring (bicyclic) bond motifs is 2. The number of nitrogens with two attached hydrogens (primary N) is 1. The Labute approximate surface area is 116 Å². The topological polar surface area (TPSA) is 55.3 Å². The summed E-state index contributed by atoms with van der Waals surface area (Å²) < 4.78 is 5.78. The molecule has 2 aromatic carbocycles. The van der Waals surface area contributed by atoms with Crippen LogP contribution in [0.15, 0.2) is 46.9 Å². The van der Waals surface area contributed by atoms with Gasteiger partial charge in [0.1, 0.15) is 5.52 Å². The summed E-state index contributed by atoms with van der Waals surface area (Å²) in [6, 6.07) is 14.1. The van der Waals surface area contributed by atoms with E-state index in [1.165, 1.54) is 11.1 Å². The Morgan fingerprint density at radius 2 is 1.85 bits per heavy atom. The molecule has 0 saturated heterocycles. The molecule has 100 valence electrons. The lowest BCUT2D eigenvalue weighted by molar-refractivity contribution is 0.248. The molecule has 4 rings (SSSR count). The number of hydrogen-bond donors (Lipinski definition) is 1. The van der Waals surface area contributed by atoms with Crippen molar-refractivity contribution in [2.45, 2.75) is 19.6 Å². The summed E-state index contributed by atoms with van der Waals surface area (Å²) >= 11 is 0. The molecule has 1 aliphatic heterocycles. The molecule has 0 unspecified atom stereocenters. The van der Waals surface area contributed by atoms with Crippen molar-refractivity contribution < 1.29 is 4.42 Å². The highest BCUT2D eigenvalue weighted by molar-refractivity contribution is 5.76. The van der Waals surface area contributed by atoms with E-state index in [1.54, 1.807) is 0 Å². The van der Waals surface area contributed by atoms with Gasteiger partial charge in [0.05, 0.1) is 6.54 Å². The lowest BCUT2D eigenvalue weighted by Gasteiger charge is -2.11. The molecule has 0 fully saturated rings. The number of anilines is 1. The van der Waals surface area contributed by atoms with Crippen molar-refractivity contribution in [1.82, 2.24) is 9.88 Å². The number of hydrogen-bond acceptors (Lipinski definition) is 4. The van der Waals surface area contributed by atoms with Crippen LogP contribution in [-0.4, -0.2) is 9.88 Å². The minimum Gasteiger partial charge on any atom is -0.439 e. The first-order chi connectivity index (χ1) is 9.78. The number of aromatic nitrogens is 1. The molecule has 0 amide bonds. The second-order valence-electron chi connectivity index (χ2n) is 5.25. The van der Waals surface area contributed by atoms with Gasteiger partial charge in [0, 0.05) is 18.8 Å². The lowest BCUT2D eigenvalue weighted by Crippen LogP contribution is -2.15. The molecular weight excluding hydrogens is 250 g/mol. The Bertz CT molecular complexity index is 753. The number of oxazole rings is 1. The molecule has 3 aromatic rings. The molecule has 2 heterocycles. The summed E-state index contributed by atoms with van der Waals surface area (Å²) in [6.07, 6.45) is 0. The maximum Gasteiger partial charge on any atom is 0.209 e. The van der Waals surface area contributed by atoms with Crippen LogP contribution in [0.3, 0.4) is 0 Å². The number of benzene rings is 2. The summed E-state index contributed by atoms with van der Waals surface area (Å²) in [7, 11) is 0. The molecular formula is C16H15N3O. The maximum absolute atomic E-state index is 5.78. The standard InChI is InChI=1S/C16H15N3O/c17-13-5-6-15-14(7-13)18-16(20-15)10-19-8-11-3-1-2-4-12(11)9-19/h1-7H,8-10,17H2. The molecule has 4 heteroatoms. The first kappa shape index (κ1) is 11.5. The van der Waals surface area contributed by atoms with E-state index in [1.807, 2.05) is 18.2 Å². The van der Waals surface area contributed by atoms with Gasteiger partial charge >= 0.3 is 0 Å². The molecule has 0 radical (unpaired) electrons. The van der Waals surface area contributed by atoms with Crippen molar-refractivity contribution in [3.05, 3.63) is 59.5 Å². The number of nitrogens with zero attached hydrogens (tertiary/aromatic N) is 2. The molecule has 0 aliphatic carbocycles. The largest absolute Gasteiger partial charge is 0.439 e. The van der Waals surface area contributed by atoms with Crippen molar-refractivity contribution in [2.75, 3.05) is 5.73 Å². The van der Waals surface area contributed by atoms with Crippen LogP contribution in [0.4, 0.5) is 5.69 Å². The molecule has 4 nitrogen and oxygen atoms in total. The van der Waals surface area contributed by atoms with Crippen LogP contribution in [0.2, 0.25) is 0 Å².